The van der Waals surface area contributed by atoms with E-state index < -0.39 is 22.0 Å². The molecule has 0 spiro atoms. The lowest BCUT2D eigenvalue weighted by Crippen LogP contribution is -2.33. The average molecular weight is 512 g/mol. The molecule has 35 heavy (non-hydrogen) atoms. The number of rotatable bonds is 11. The average Bonchev–Trinajstić information content (AvgIpc) is 3.27. The molecule has 0 aliphatic heterocycles. The van der Waals surface area contributed by atoms with Crippen LogP contribution in [0.5, 0.6) is 0 Å². The number of halogens is 2. The van der Waals surface area contributed by atoms with E-state index in [1.807, 2.05) is 0 Å². The van der Waals surface area contributed by atoms with Crippen LogP contribution in [0.1, 0.15) is 19.4 Å². The highest BCUT2D eigenvalue weighted by atomic mass is 32.2. The highest BCUT2D eigenvalue weighted by Gasteiger charge is 2.45. The first-order valence-electron chi connectivity index (χ1n) is 10.9. The summed E-state index contributed by atoms with van der Waals surface area (Å²) in [5.41, 5.74) is 4.83. The molecule has 0 atom stereocenters. The summed E-state index contributed by atoms with van der Waals surface area (Å²) >= 11 is 0. The molecule has 1 heterocycles. The van der Waals surface area contributed by atoms with E-state index >= 15 is 0 Å². The van der Waals surface area contributed by atoms with E-state index in [-0.39, 0.29) is 5.76 Å². The van der Waals surface area contributed by atoms with Gasteiger partial charge < -0.3 is 19.2 Å². The van der Waals surface area contributed by atoms with Crippen molar-refractivity contribution in [3.8, 4) is 11.3 Å². The zero-order valence-corrected chi connectivity index (χ0v) is 20.8. The molecule has 2 aromatic carbocycles. The Morgan fingerprint density at radius 2 is 1.77 bits per heavy atom. The number of benzene rings is 2. The smallest absolute Gasteiger partial charge is 0.402 e. The van der Waals surface area contributed by atoms with Crippen LogP contribution < -0.4 is 0 Å². The number of ether oxygens (including phenoxy) is 3. The summed E-state index contributed by atoms with van der Waals surface area (Å²) in [6.07, 6.45) is 2.32. The Hall–Kier alpha value is -2.79. The number of hydrogen-bond acceptors (Lipinski definition) is 5. The summed E-state index contributed by atoms with van der Waals surface area (Å²) in [7, 11) is -3.71. The molecular formula is C25H31F2NO6S. The number of fused-ring (bicyclic) bond motifs is 1. The van der Waals surface area contributed by atoms with Gasteiger partial charge in [-0.1, -0.05) is 48.5 Å². The standard InChI is InChI=1S/C19H21NO2.C6H10F2O4S/c1-21-12-13-22-11-10-15-6-8-16(9-7-15)19-14-17-4-2-3-5-18(17)20-19;1-3-5(2)12-4-6(7,8)13(9,10)11/h2-9,14,20H,10-13H2,1H3;3H,4H2,1-2H3,(H,9,10,11). The number of alkyl halides is 2. The van der Waals surface area contributed by atoms with Gasteiger partial charge in [0.25, 0.3) is 0 Å². The largest absolute Gasteiger partial charge is 0.491 e. The van der Waals surface area contributed by atoms with Crippen molar-refractivity contribution < 1.29 is 36.0 Å². The number of para-hydroxylation sites is 1. The topological polar surface area (TPSA) is 97.9 Å². The molecule has 0 fully saturated rings. The van der Waals surface area contributed by atoms with Crippen LogP contribution in [0.15, 0.2) is 66.4 Å². The Morgan fingerprint density at radius 1 is 1.09 bits per heavy atom. The number of H-pyrrole nitrogens is 1. The van der Waals surface area contributed by atoms with E-state index in [9.17, 15) is 17.2 Å². The second-order valence-corrected chi connectivity index (χ2v) is 9.17. The van der Waals surface area contributed by atoms with E-state index in [0.717, 1.165) is 18.7 Å². The molecule has 1 aromatic heterocycles. The van der Waals surface area contributed by atoms with Crippen molar-refractivity contribution >= 4 is 21.0 Å². The minimum absolute atomic E-state index is 0.156. The first kappa shape index (κ1) is 28.4. The maximum atomic E-state index is 12.4. The highest BCUT2D eigenvalue weighted by Crippen LogP contribution is 2.24. The Bertz CT molecular complexity index is 1160. The first-order chi connectivity index (χ1) is 16.6. The van der Waals surface area contributed by atoms with Crippen molar-refractivity contribution in [2.45, 2.75) is 25.5 Å². The molecule has 0 amide bonds. The quantitative estimate of drug-likeness (QED) is 0.202. The number of nitrogens with one attached hydrogen (secondary N) is 1. The number of allylic oxidation sites excluding steroid dienone is 2. The lowest BCUT2D eigenvalue weighted by Gasteiger charge is -2.13. The van der Waals surface area contributed by atoms with Crippen molar-refractivity contribution in [3.05, 3.63) is 72.0 Å². The molecule has 0 aliphatic carbocycles. The molecule has 0 bridgehead atoms. The van der Waals surface area contributed by atoms with E-state index in [2.05, 4.69) is 64.3 Å². The number of methoxy groups -OCH3 is 1. The van der Waals surface area contributed by atoms with Crippen molar-refractivity contribution in [2.24, 2.45) is 0 Å². The fourth-order valence-electron chi connectivity index (χ4n) is 2.87. The molecule has 3 aromatic rings. The monoisotopic (exact) mass is 511 g/mol. The highest BCUT2D eigenvalue weighted by molar-refractivity contribution is 7.86. The van der Waals surface area contributed by atoms with Gasteiger partial charge in [0, 0.05) is 23.7 Å². The van der Waals surface area contributed by atoms with Gasteiger partial charge in [0.15, 0.2) is 6.61 Å². The predicted octanol–water partition coefficient (Wildman–Crippen LogP) is 5.45. The van der Waals surface area contributed by atoms with Gasteiger partial charge in [-0.2, -0.15) is 17.2 Å². The SMILES string of the molecule is CC=C(C)OCC(F)(F)S(=O)(=O)O.COCCOCCc1ccc(-c2cc3ccccc3[nH]2)cc1. The molecule has 7 nitrogen and oxygen atoms in total. The number of aromatic nitrogens is 1. The molecule has 0 radical (unpaired) electrons. The molecule has 0 aliphatic rings. The van der Waals surface area contributed by atoms with Gasteiger partial charge in [0.1, 0.15) is 0 Å². The Labute approximate surface area is 204 Å². The van der Waals surface area contributed by atoms with Gasteiger partial charge in [-0.3, -0.25) is 4.55 Å². The van der Waals surface area contributed by atoms with E-state index in [1.54, 1.807) is 14.0 Å². The molecule has 0 unspecified atom stereocenters. The van der Waals surface area contributed by atoms with E-state index in [4.69, 9.17) is 14.0 Å². The predicted molar refractivity (Wildman–Crippen MR) is 132 cm³/mol. The normalized spacial score (nSPS) is 12.3. The fourth-order valence-corrected chi connectivity index (χ4v) is 3.08. The number of hydrogen-bond donors (Lipinski definition) is 2. The van der Waals surface area contributed by atoms with Gasteiger partial charge in [0.2, 0.25) is 0 Å². The van der Waals surface area contributed by atoms with Crippen molar-refractivity contribution in [1.82, 2.24) is 4.98 Å². The van der Waals surface area contributed by atoms with Crippen LogP contribution in [0.4, 0.5) is 8.78 Å². The zero-order valence-electron chi connectivity index (χ0n) is 20.0. The van der Waals surface area contributed by atoms with Gasteiger partial charge in [-0.15, -0.1) is 0 Å². The van der Waals surface area contributed by atoms with Gasteiger partial charge in [-0.25, -0.2) is 0 Å². The second kappa shape index (κ2) is 13.3. The third-order valence-electron chi connectivity index (χ3n) is 5.01. The molecule has 192 valence electrons. The summed E-state index contributed by atoms with van der Waals surface area (Å²) in [6.45, 7) is 3.58. The first-order valence-corrected chi connectivity index (χ1v) is 12.4. The van der Waals surface area contributed by atoms with Crippen LogP contribution in [0.3, 0.4) is 0 Å². The van der Waals surface area contributed by atoms with Crippen molar-refractivity contribution in [1.29, 1.82) is 0 Å². The summed E-state index contributed by atoms with van der Waals surface area (Å²) in [5.74, 6) is 0.156. The summed E-state index contributed by atoms with van der Waals surface area (Å²) in [6, 6.07) is 19.2. The lowest BCUT2D eigenvalue weighted by atomic mass is 10.1. The maximum absolute atomic E-state index is 12.4. The fraction of sp³-hybridized carbons (Fsp3) is 0.360. The molecule has 10 heteroatoms. The Balaban J connectivity index is 0.000000287. The third kappa shape index (κ3) is 9.06. The van der Waals surface area contributed by atoms with Gasteiger partial charge >= 0.3 is 15.4 Å². The molecule has 0 saturated carbocycles. The van der Waals surface area contributed by atoms with Crippen LogP contribution in [0.25, 0.3) is 22.2 Å². The molecule has 2 N–H and O–H groups in total. The molecule has 3 rings (SSSR count). The summed E-state index contributed by atoms with van der Waals surface area (Å²) in [5, 5.41) is -3.02. The van der Waals surface area contributed by atoms with Crippen LogP contribution >= 0.6 is 0 Å². The summed E-state index contributed by atoms with van der Waals surface area (Å²) in [4.78, 5) is 3.46. The lowest BCUT2D eigenvalue weighted by molar-refractivity contribution is 0.00374. The van der Waals surface area contributed by atoms with Crippen LogP contribution in [-0.4, -0.2) is 56.7 Å². The number of aromatic amines is 1. The zero-order chi connectivity index (χ0) is 25.9. The van der Waals surface area contributed by atoms with Crippen LogP contribution in [0.2, 0.25) is 0 Å². The van der Waals surface area contributed by atoms with Crippen molar-refractivity contribution in [2.75, 3.05) is 33.5 Å². The van der Waals surface area contributed by atoms with Gasteiger partial charge in [-0.05, 0) is 43.5 Å². The Kier molecular flexibility index (Phi) is 10.8. The maximum Gasteiger partial charge on any atom is 0.402 e. The molecule has 0 saturated heterocycles. The third-order valence-corrected chi connectivity index (χ3v) is 5.89. The van der Waals surface area contributed by atoms with Crippen molar-refractivity contribution in [3.63, 3.8) is 0 Å². The van der Waals surface area contributed by atoms with Crippen LogP contribution in [0, 0.1) is 0 Å². The second-order valence-electron chi connectivity index (χ2n) is 7.62. The summed E-state index contributed by atoms with van der Waals surface area (Å²) < 4.78 is 67.9. The van der Waals surface area contributed by atoms with E-state index in [1.165, 1.54) is 35.0 Å². The minimum atomic E-state index is -5.39. The Morgan fingerprint density at radius 3 is 2.37 bits per heavy atom. The van der Waals surface area contributed by atoms with E-state index in [0.29, 0.717) is 13.2 Å². The van der Waals surface area contributed by atoms with Gasteiger partial charge in [0.05, 0.1) is 25.6 Å². The van der Waals surface area contributed by atoms with Crippen LogP contribution in [-0.2, 0) is 30.7 Å². The molecular weight excluding hydrogens is 480 g/mol. The minimum Gasteiger partial charge on any atom is -0.491 e.